The van der Waals surface area contributed by atoms with E-state index in [-0.39, 0.29) is 15.5 Å². The fourth-order valence-corrected chi connectivity index (χ4v) is 16.3. The van der Waals surface area contributed by atoms with Gasteiger partial charge in [0.05, 0.1) is 10.7 Å². The monoisotopic (exact) mass is 1440 g/mol. The first-order chi connectivity index (χ1) is 45.3. The third-order valence-electron chi connectivity index (χ3n) is 17.2. The normalized spacial score (nSPS) is 19.3. The Morgan fingerprint density at radius 1 is 0.546 bits per heavy atom. The van der Waals surface area contributed by atoms with Crippen molar-refractivity contribution < 1.29 is 47.4 Å². The van der Waals surface area contributed by atoms with E-state index in [9.17, 15) is 38.1 Å². The summed E-state index contributed by atoms with van der Waals surface area (Å²) in [6, 6.07) is 62.0. The number of likely N-dealkylation sites (N-methyl/N-ethyl adjacent to an activating group) is 2. The molecule has 0 saturated heterocycles. The van der Waals surface area contributed by atoms with Gasteiger partial charge in [0.25, 0.3) is 5.01 Å². The second-order valence-electron chi connectivity index (χ2n) is 24.5. The average Bonchev–Trinajstić information content (AvgIpc) is 1.54. The Labute approximate surface area is 583 Å². The molecule has 13 rings (SSSR count). The number of hydrogen-bond donors (Lipinski definition) is 0. The number of thiazole rings is 1. The molecule has 0 unspecified atom stereocenters. The molecule has 1 saturated carbocycles. The minimum absolute atomic E-state index is 0. The van der Waals surface area contributed by atoms with Gasteiger partial charge in [-0.15, -0.1) is 0 Å². The minimum Gasteiger partial charge on any atom is -1.00 e. The number of para-hydroxylation sites is 4. The van der Waals surface area contributed by atoms with Crippen LogP contribution < -0.4 is 28.5 Å². The van der Waals surface area contributed by atoms with E-state index in [4.69, 9.17) is 23.2 Å². The van der Waals surface area contributed by atoms with Crippen LogP contribution in [-0.4, -0.2) is 34.4 Å². The topological polar surface area (TPSA) is 16.6 Å². The second kappa shape index (κ2) is 29.5. The third-order valence-corrected chi connectivity index (χ3v) is 21.3. The molecule has 2 aliphatic carbocycles. The van der Waals surface area contributed by atoms with Gasteiger partial charge in [0.15, 0.2) is 0 Å². The maximum absolute atomic E-state index is 10.7. The average molecular weight is 1440 g/mol. The van der Waals surface area contributed by atoms with E-state index in [1.165, 1.54) is 109 Å². The van der Waals surface area contributed by atoms with Gasteiger partial charge in [0.1, 0.15) is 11.7 Å². The molecule has 97 heavy (non-hydrogen) atoms. The zero-order valence-corrected chi connectivity index (χ0v) is 59.3. The summed E-state index contributed by atoms with van der Waals surface area (Å²) in [7, 11) is -5.67. The van der Waals surface area contributed by atoms with Crippen LogP contribution in [0.3, 0.4) is 0 Å². The van der Waals surface area contributed by atoms with E-state index < -0.39 is 15.4 Å². The number of nitrogens with zero attached hydrogens (tertiary/aromatic N) is 5. The van der Waals surface area contributed by atoms with Crippen LogP contribution in [0.1, 0.15) is 75.9 Å². The summed E-state index contributed by atoms with van der Waals surface area (Å²) in [6.45, 7) is 9.16. The summed E-state index contributed by atoms with van der Waals surface area (Å²) in [6.07, 6.45) is 24.0. The predicted molar refractivity (Wildman–Crippen MR) is 391 cm³/mol. The van der Waals surface area contributed by atoms with Crippen molar-refractivity contribution >= 4 is 124 Å². The molecule has 5 nitrogen and oxygen atoms in total. The Kier molecular flexibility index (Phi) is 22.4. The van der Waals surface area contributed by atoms with Crippen LogP contribution in [0.5, 0.6) is 0 Å². The van der Waals surface area contributed by atoms with Crippen molar-refractivity contribution in [1.82, 2.24) is 4.58 Å². The number of fused-ring (bicyclic) bond motifs is 4. The summed E-state index contributed by atoms with van der Waals surface area (Å²) < 4.78 is 94.3. The van der Waals surface area contributed by atoms with Gasteiger partial charge >= 0.3 is 40.5 Å². The molecule has 3 aliphatic heterocycles. The Morgan fingerprint density at radius 3 is 1.52 bits per heavy atom. The van der Waals surface area contributed by atoms with Crippen LogP contribution in [0, 0.1) is 0 Å². The second-order valence-corrected chi connectivity index (χ2v) is 30.5. The van der Waals surface area contributed by atoms with Crippen LogP contribution in [0.4, 0.5) is 66.6 Å². The van der Waals surface area contributed by atoms with Crippen LogP contribution >= 0.6 is 65.9 Å². The molecular formula is C75H71BCl2F10N5PS3. The van der Waals surface area contributed by atoms with Crippen molar-refractivity contribution in [3.05, 3.63) is 288 Å². The van der Waals surface area contributed by atoms with E-state index >= 15 is 0 Å². The summed E-state index contributed by atoms with van der Waals surface area (Å²) in [4.78, 5) is 10.9. The number of benzene rings is 7. The van der Waals surface area contributed by atoms with E-state index in [1.54, 1.807) is 0 Å². The van der Waals surface area contributed by atoms with Crippen molar-refractivity contribution in [2.24, 2.45) is 7.05 Å². The zero-order valence-electron chi connectivity index (χ0n) is 54.4. The summed E-state index contributed by atoms with van der Waals surface area (Å²) in [5, 5.41) is 4.10. The van der Waals surface area contributed by atoms with Gasteiger partial charge < -0.3 is 19.4 Å². The molecular weight excluding hydrogens is 1370 g/mol. The number of hydrogen-bond acceptors (Lipinski definition) is 6. The van der Waals surface area contributed by atoms with Crippen LogP contribution in [0.15, 0.2) is 272 Å². The molecule has 7 aromatic carbocycles. The number of halogens is 12. The number of anilines is 3. The van der Waals surface area contributed by atoms with E-state index in [2.05, 4.69) is 292 Å². The number of allylic oxidation sites excluding steroid dienone is 13. The molecule has 8 aromatic rings. The smallest absolute Gasteiger partial charge is 1.00 e. The van der Waals surface area contributed by atoms with Gasteiger partial charge in [-0.05, 0) is 139 Å². The predicted octanol–water partition coefficient (Wildman–Crippen LogP) is 21.8. The zero-order chi connectivity index (χ0) is 69.0. The number of aromatic nitrogens is 1. The van der Waals surface area contributed by atoms with Gasteiger partial charge in [-0.3, -0.25) is 12.9 Å². The largest absolute Gasteiger partial charge is 1.00 e. The van der Waals surface area contributed by atoms with E-state index in [0.717, 1.165) is 47.1 Å². The van der Waals surface area contributed by atoms with Crippen molar-refractivity contribution in [2.75, 3.05) is 35.8 Å². The van der Waals surface area contributed by atoms with Crippen LogP contribution in [0.25, 0.3) is 16.3 Å². The fraction of sp³-hybridized carbons (Fsp3) is 0.200. The Balaban J connectivity index is 0.000000200. The third kappa shape index (κ3) is 18.1. The van der Waals surface area contributed by atoms with Crippen molar-refractivity contribution in [1.29, 1.82) is 0 Å². The number of aryl methyl sites for hydroxylation is 1. The summed E-state index contributed by atoms with van der Waals surface area (Å²) >= 11 is 18.6. The quantitative estimate of drug-likeness (QED) is 0.0618. The van der Waals surface area contributed by atoms with Gasteiger partial charge in [-0.1, -0.05) is 189 Å². The molecule has 0 radical (unpaired) electrons. The fourth-order valence-electron chi connectivity index (χ4n) is 12.7. The maximum atomic E-state index is 9.87. The molecule has 506 valence electrons. The van der Waals surface area contributed by atoms with Crippen molar-refractivity contribution in [3.63, 3.8) is 0 Å². The van der Waals surface area contributed by atoms with Gasteiger partial charge in [0.2, 0.25) is 22.6 Å². The summed E-state index contributed by atoms with van der Waals surface area (Å²) in [5.41, 5.74) is 18.6. The van der Waals surface area contributed by atoms with E-state index in [0.29, 0.717) is 0 Å². The van der Waals surface area contributed by atoms with E-state index in [1.807, 2.05) is 47.0 Å². The minimum atomic E-state index is -10.7. The molecule has 0 N–H and O–H groups in total. The maximum Gasteiger partial charge on any atom is -1.00 e. The van der Waals surface area contributed by atoms with Gasteiger partial charge in [-0.2, -0.15) is 9.14 Å². The SMILES string of the molecule is CN1C(=CC=C2CC/C(=C\C=C3\N(C)c4ccc(Cl)cc4C3(C)C)C2=[N+](c2ccccc2)c2ccccc2)C(C)(C)c2cc(Cl)ccc21.CN1C(=CC=C2CCCC(C=Cc3sc4ccccc4[n+]3C)=C2Sc2ccccc2)Sc2ccccc21.FB(F)F.F[P-](F)(F)(F)(F)F.[F-]. The first kappa shape index (κ1) is 73.7. The number of rotatable bonds is 9. The standard InChI is InChI=1S/C43H42Cl2N3.C32H29N2S3.BF3.F6P.FH/c1-42(2)35-27-31(44)21-23-37(35)46(5)39(42)25-19-29-17-18-30(20-26-40-43(3,4)36-28-32(45)22-24-38(36)47(40)6)41(29)48(33-13-9-7-10-14-33)34-15-11-8-12-16-34;1-33-26-15-6-8-17-28(26)36-30(33)21-19-23-11-10-12-24(32(23)35-25-13-4-3-5-14-25)20-22-31-34(2)27-16-7-9-18-29(27)37-31;2-1(3)4;1-7(2,3,4,5)6;/h7-16,19-28H,17-18H2,1-6H3;3-9,13-22H,10-12H2,1-2H3;;;1H/q2*+1;;-1;/p-1. The van der Waals surface area contributed by atoms with Crippen LogP contribution in [-0.2, 0) is 17.9 Å². The van der Waals surface area contributed by atoms with Crippen molar-refractivity contribution in [2.45, 2.75) is 80.4 Å². The Hall–Kier alpha value is -7.51. The molecule has 1 aromatic heterocycles. The molecule has 0 atom stereocenters. The first-order valence-corrected chi connectivity index (χ1v) is 36.2. The molecule has 0 spiro atoms. The summed E-state index contributed by atoms with van der Waals surface area (Å²) in [5.74, 6) is 0. The first-order valence-electron chi connectivity index (χ1n) is 30.9. The van der Waals surface area contributed by atoms with Gasteiger partial charge in [0, 0.05) is 127 Å². The van der Waals surface area contributed by atoms with Crippen LogP contribution in [0.2, 0.25) is 10.0 Å². The molecule has 5 aliphatic rings. The number of thioether (sulfide) groups is 2. The molecule has 0 amide bonds. The Morgan fingerprint density at radius 2 is 1.01 bits per heavy atom. The van der Waals surface area contributed by atoms with Gasteiger partial charge in [-0.25, -0.2) is 0 Å². The molecule has 4 heterocycles. The molecule has 22 heteroatoms. The van der Waals surface area contributed by atoms with Crippen molar-refractivity contribution in [3.8, 4) is 0 Å². The molecule has 0 bridgehead atoms. The molecule has 1 fully saturated rings. The Bertz CT molecular complexity index is 4370.